The summed E-state index contributed by atoms with van der Waals surface area (Å²) >= 11 is 8.03. The van der Waals surface area contributed by atoms with Crippen molar-refractivity contribution >= 4 is 53.3 Å². The molecule has 1 saturated heterocycles. The van der Waals surface area contributed by atoms with Gasteiger partial charge in [-0.05, 0) is 43.2 Å². The predicted octanol–water partition coefficient (Wildman–Crippen LogP) is 3.91. The normalized spacial score (nSPS) is 21.8. The van der Waals surface area contributed by atoms with Crippen molar-refractivity contribution in [2.45, 2.75) is 31.1 Å². The Bertz CT molecular complexity index is 476. The fourth-order valence-electron chi connectivity index (χ4n) is 2.30. The molecule has 1 heterocycles. The highest BCUT2D eigenvalue weighted by Gasteiger charge is 2.29. The summed E-state index contributed by atoms with van der Waals surface area (Å²) in [7, 11) is 1.80. The molecule has 1 unspecified atom stereocenters. The summed E-state index contributed by atoms with van der Waals surface area (Å²) in [6.07, 6.45) is 2.59. The van der Waals surface area contributed by atoms with Crippen molar-refractivity contribution in [1.29, 1.82) is 0 Å². The minimum atomic E-state index is 0. The maximum atomic E-state index is 5.98. The lowest BCUT2D eigenvalue weighted by atomic mass is 10.1. The van der Waals surface area contributed by atoms with Crippen molar-refractivity contribution in [2.24, 2.45) is 4.99 Å². The molecule has 0 amide bonds. The maximum Gasteiger partial charge on any atom is 0.191 e. The lowest BCUT2D eigenvalue weighted by Crippen LogP contribution is -2.43. The van der Waals surface area contributed by atoms with Crippen molar-refractivity contribution < 1.29 is 0 Å². The number of hydrogen-bond donors (Lipinski definition) is 2. The van der Waals surface area contributed by atoms with E-state index in [2.05, 4.69) is 40.4 Å². The maximum absolute atomic E-state index is 5.98. The Labute approximate surface area is 153 Å². The van der Waals surface area contributed by atoms with Gasteiger partial charge in [0.05, 0.1) is 0 Å². The smallest absolute Gasteiger partial charge is 0.191 e. The van der Waals surface area contributed by atoms with Crippen molar-refractivity contribution in [3.05, 3.63) is 34.9 Å². The number of thioether (sulfide) groups is 1. The molecule has 2 rings (SSSR count). The third-order valence-electron chi connectivity index (χ3n) is 3.50. The van der Waals surface area contributed by atoms with E-state index in [9.17, 15) is 0 Å². The predicted molar refractivity (Wildman–Crippen MR) is 105 cm³/mol. The lowest BCUT2D eigenvalue weighted by molar-refractivity contribution is 0.584. The Morgan fingerprint density at radius 1 is 1.43 bits per heavy atom. The first-order valence-corrected chi connectivity index (χ1v) is 8.31. The number of aliphatic imine (C=N–C) groups is 1. The van der Waals surface area contributed by atoms with Crippen LogP contribution in [-0.4, -0.2) is 30.1 Å². The highest BCUT2D eigenvalue weighted by Crippen LogP contribution is 2.36. The third-order valence-corrected chi connectivity index (χ3v) is 5.28. The van der Waals surface area contributed by atoms with E-state index in [1.807, 2.05) is 18.2 Å². The van der Waals surface area contributed by atoms with Crippen molar-refractivity contribution in [1.82, 2.24) is 10.6 Å². The molecule has 0 aromatic heterocycles. The van der Waals surface area contributed by atoms with Crippen molar-refractivity contribution in [3.8, 4) is 0 Å². The minimum Gasteiger partial charge on any atom is -0.355 e. The summed E-state index contributed by atoms with van der Waals surface area (Å²) in [6, 6.07) is 7.87. The van der Waals surface area contributed by atoms with E-state index in [0.29, 0.717) is 4.75 Å². The zero-order valence-electron chi connectivity index (χ0n) is 12.5. The molecule has 0 spiro atoms. The van der Waals surface area contributed by atoms with Gasteiger partial charge in [0, 0.05) is 29.9 Å². The first kappa shape index (κ1) is 18.9. The van der Waals surface area contributed by atoms with Gasteiger partial charge < -0.3 is 10.6 Å². The quantitative estimate of drug-likeness (QED) is 0.424. The summed E-state index contributed by atoms with van der Waals surface area (Å²) in [5, 5.41) is 7.51. The molecule has 1 fully saturated rings. The average molecular weight is 440 g/mol. The molecule has 6 heteroatoms. The number of rotatable bonds is 4. The van der Waals surface area contributed by atoms with Gasteiger partial charge in [-0.3, -0.25) is 4.99 Å². The van der Waals surface area contributed by atoms with Crippen LogP contribution in [0.2, 0.25) is 5.02 Å². The van der Waals surface area contributed by atoms with E-state index < -0.39 is 0 Å². The van der Waals surface area contributed by atoms with Crippen LogP contribution in [0.3, 0.4) is 0 Å². The molecule has 2 N–H and O–H groups in total. The second kappa shape index (κ2) is 9.10. The fourth-order valence-corrected chi connectivity index (χ4v) is 3.76. The van der Waals surface area contributed by atoms with E-state index in [1.165, 1.54) is 18.6 Å². The van der Waals surface area contributed by atoms with Crippen LogP contribution in [0.5, 0.6) is 0 Å². The molecule has 0 bridgehead atoms. The average Bonchev–Trinajstić information content (AvgIpc) is 2.86. The van der Waals surface area contributed by atoms with E-state index in [0.717, 1.165) is 29.6 Å². The molecule has 118 valence electrons. The van der Waals surface area contributed by atoms with Gasteiger partial charge in [-0.25, -0.2) is 0 Å². The van der Waals surface area contributed by atoms with Crippen LogP contribution >= 0.6 is 47.3 Å². The second-order valence-electron chi connectivity index (χ2n) is 5.31. The van der Waals surface area contributed by atoms with Gasteiger partial charge in [0.25, 0.3) is 0 Å². The monoisotopic (exact) mass is 439 g/mol. The topological polar surface area (TPSA) is 36.4 Å². The summed E-state index contributed by atoms with van der Waals surface area (Å²) in [5.74, 6) is 2.12. The standard InChI is InChI=1S/C15H22ClN3S.HI/c1-15(7-4-8-20-15)11-19-14(17-2)18-10-12-5-3-6-13(16)9-12;/h3,5-6,9H,4,7-8,10-11H2,1-2H3,(H2,17,18,19);1H. The molecule has 0 saturated carbocycles. The SMILES string of the molecule is CN=C(NCc1cccc(Cl)c1)NCC1(C)CCCS1.I. The first-order valence-electron chi connectivity index (χ1n) is 6.94. The van der Waals surface area contributed by atoms with Gasteiger partial charge in [-0.2, -0.15) is 11.8 Å². The number of nitrogens with zero attached hydrogens (tertiary/aromatic N) is 1. The highest BCUT2D eigenvalue weighted by atomic mass is 127. The zero-order valence-corrected chi connectivity index (χ0v) is 16.4. The number of halogens is 2. The van der Waals surface area contributed by atoms with Gasteiger partial charge in [0.1, 0.15) is 0 Å². The highest BCUT2D eigenvalue weighted by molar-refractivity contribution is 14.0. The second-order valence-corrected chi connectivity index (χ2v) is 7.43. The van der Waals surface area contributed by atoms with Gasteiger partial charge in [0.15, 0.2) is 5.96 Å². The Morgan fingerprint density at radius 2 is 2.24 bits per heavy atom. The minimum absolute atomic E-state index is 0. The van der Waals surface area contributed by atoms with E-state index in [4.69, 9.17) is 11.6 Å². The largest absolute Gasteiger partial charge is 0.355 e. The number of nitrogens with one attached hydrogen (secondary N) is 2. The van der Waals surface area contributed by atoms with Crippen molar-refractivity contribution in [3.63, 3.8) is 0 Å². The molecule has 21 heavy (non-hydrogen) atoms. The van der Waals surface area contributed by atoms with E-state index in [1.54, 1.807) is 7.05 Å². The summed E-state index contributed by atoms with van der Waals surface area (Å²) in [6.45, 7) is 4.00. The molecule has 1 aromatic rings. The fraction of sp³-hybridized carbons (Fsp3) is 0.533. The van der Waals surface area contributed by atoms with Gasteiger partial charge >= 0.3 is 0 Å². The van der Waals surface area contributed by atoms with Crippen LogP contribution in [0.15, 0.2) is 29.3 Å². The third kappa shape index (κ3) is 6.24. The molecule has 1 aliphatic rings. The number of guanidine groups is 1. The van der Waals surface area contributed by atoms with Crippen LogP contribution in [-0.2, 0) is 6.54 Å². The Kier molecular flexibility index (Phi) is 8.19. The Balaban J connectivity index is 0.00000220. The Morgan fingerprint density at radius 3 is 2.86 bits per heavy atom. The van der Waals surface area contributed by atoms with E-state index >= 15 is 0 Å². The van der Waals surface area contributed by atoms with Gasteiger partial charge in [-0.15, -0.1) is 24.0 Å². The molecule has 3 nitrogen and oxygen atoms in total. The van der Waals surface area contributed by atoms with Crippen LogP contribution < -0.4 is 10.6 Å². The molecular formula is C15H23ClIN3S. The first-order chi connectivity index (χ1) is 9.61. The molecule has 1 atom stereocenters. The molecular weight excluding hydrogens is 417 g/mol. The molecule has 0 aliphatic carbocycles. The summed E-state index contributed by atoms with van der Waals surface area (Å²) in [5.41, 5.74) is 1.15. The van der Waals surface area contributed by atoms with Crippen LogP contribution in [0.25, 0.3) is 0 Å². The van der Waals surface area contributed by atoms with Crippen molar-refractivity contribution in [2.75, 3.05) is 19.3 Å². The molecule has 1 aliphatic heterocycles. The zero-order chi connectivity index (χ0) is 14.4. The summed E-state index contributed by atoms with van der Waals surface area (Å²) < 4.78 is 0.341. The summed E-state index contributed by atoms with van der Waals surface area (Å²) in [4.78, 5) is 4.27. The Hall–Kier alpha value is -0.140. The molecule has 1 aromatic carbocycles. The van der Waals surface area contributed by atoms with Crippen LogP contribution in [0.4, 0.5) is 0 Å². The van der Waals surface area contributed by atoms with Crippen LogP contribution in [0.1, 0.15) is 25.3 Å². The molecule has 0 radical (unpaired) electrons. The lowest BCUT2D eigenvalue weighted by Gasteiger charge is -2.24. The van der Waals surface area contributed by atoms with Gasteiger partial charge in [0.2, 0.25) is 0 Å². The number of hydrogen-bond acceptors (Lipinski definition) is 2. The van der Waals surface area contributed by atoms with Gasteiger partial charge in [-0.1, -0.05) is 23.7 Å². The number of benzene rings is 1. The van der Waals surface area contributed by atoms with Crippen LogP contribution in [0, 0.1) is 0 Å². The van der Waals surface area contributed by atoms with E-state index in [-0.39, 0.29) is 24.0 Å².